The highest BCUT2D eigenvalue weighted by atomic mass is 32.2. The molecule has 0 saturated heterocycles. The first-order chi connectivity index (χ1) is 14.3. The fraction of sp³-hybridized carbons (Fsp3) is 0.333. The summed E-state index contributed by atoms with van der Waals surface area (Å²) in [6.45, 7) is 2.06. The van der Waals surface area contributed by atoms with Gasteiger partial charge in [-0.1, -0.05) is 25.5 Å². The molecule has 0 aliphatic rings. The summed E-state index contributed by atoms with van der Waals surface area (Å²) in [7, 11) is 2.98. The first-order valence-corrected chi connectivity index (χ1v) is 10.6. The van der Waals surface area contributed by atoms with Gasteiger partial charge in [0.1, 0.15) is 11.5 Å². The van der Waals surface area contributed by atoms with Crippen molar-refractivity contribution >= 4 is 34.4 Å². The van der Waals surface area contributed by atoms with Crippen LogP contribution in [0.25, 0.3) is 11.0 Å². The number of aryl methyl sites for hydroxylation is 2. The van der Waals surface area contributed by atoms with Gasteiger partial charge >= 0.3 is 5.69 Å². The molecule has 0 radical (unpaired) electrons. The number of nitrogens with zero attached hydrogens (tertiary/aromatic N) is 3. The van der Waals surface area contributed by atoms with Crippen molar-refractivity contribution in [3.05, 3.63) is 62.7 Å². The summed E-state index contributed by atoms with van der Waals surface area (Å²) in [4.78, 5) is 42.5. The van der Waals surface area contributed by atoms with Crippen molar-refractivity contribution in [1.82, 2.24) is 14.1 Å². The molecule has 158 valence electrons. The van der Waals surface area contributed by atoms with E-state index in [0.717, 1.165) is 23.0 Å². The zero-order chi connectivity index (χ0) is 21.8. The quantitative estimate of drug-likeness (QED) is 0.583. The Bertz CT molecular complexity index is 1220. The normalized spacial score (nSPS) is 11.1. The van der Waals surface area contributed by atoms with Gasteiger partial charge in [-0.2, -0.15) is 0 Å². The van der Waals surface area contributed by atoms with Crippen molar-refractivity contribution in [1.29, 1.82) is 0 Å². The molecule has 1 N–H and O–H groups in total. The first-order valence-electron chi connectivity index (χ1n) is 9.60. The zero-order valence-electron chi connectivity index (χ0n) is 17.1. The molecule has 0 fully saturated rings. The van der Waals surface area contributed by atoms with Crippen LogP contribution in [0.1, 0.15) is 25.3 Å². The number of nitrogens with one attached hydrogen (secondary N) is 1. The molecule has 2 heterocycles. The number of aromatic nitrogens is 3. The molecule has 3 aromatic rings. The standard InChI is InChI=1S/C21H23FN4O3S/c1-4-5-8-13-11-23-19-17(20(28)26(3)21(29)25(19)2)18(13)30-12-16(27)24-15-10-7-6-9-14(15)22/h6-7,9-11H,4-5,8,12H2,1-3H3,(H,24,27). The van der Waals surface area contributed by atoms with Gasteiger partial charge in [0, 0.05) is 25.2 Å². The van der Waals surface area contributed by atoms with Gasteiger partial charge in [0.05, 0.1) is 16.8 Å². The molecular formula is C21H23FN4O3S. The van der Waals surface area contributed by atoms with Gasteiger partial charge in [0.25, 0.3) is 5.56 Å². The topological polar surface area (TPSA) is 86.0 Å². The van der Waals surface area contributed by atoms with E-state index >= 15 is 0 Å². The predicted molar refractivity (Wildman–Crippen MR) is 117 cm³/mol. The second-order valence-electron chi connectivity index (χ2n) is 6.94. The maximum atomic E-state index is 13.8. The fourth-order valence-corrected chi connectivity index (χ4v) is 4.15. The van der Waals surface area contributed by atoms with E-state index in [-0.39, 0.29) is 17.1 Å². The van der Waals surface area contributed by atoms with Gasteiger partial charge in [-0.15, -0.1) is 11.8 Å². The third kappa shape index (κ3) is 4.30. The van der Waals surface area contributed by atoms with Crippen molar-refractivity contribution in [2.45, 2.75) is 31.1 Å². The number of unbranched alkanes of at least 4 members (excludes halogenated alkanes) is 1. The number of halogens is 1. The highest BCUT2D eigenvalue weighted by Crippen LogP contribution is 2.29. The van der Waals surface area contributed by atoms with E-state index in [1.807, 2.05) is 0 Å². The van der Waals surface area contributed by atoms with Crippen molar-refractivity contribution in [2.24, 2.45) is 14.1 Å². The maximum Gasteiger partial charge on any atom is 0.332 e. The Morgan fingerprint density at radius 1 is 1.20 bits per heavy atom. The molecule has 0 saturated carbocycles. The average molecular weight is 431 g/mol. The molecule has 9 heteroatoms. The number of amides is 1. The number of pyridine rings is 1. The number of fused-ring (bicyclic) bond motifs is 1. The Morgan fingerprint density at radius 3 is 2.63 bits per heavy atom. The van der Waals surface area contributed by atoms with Crippen molar-refractivity contribution < 1.29 is 9.18 Å². The van der Waals surface area contributed by atoms with Gasteiger partial charge in [0.2, 0.25) is 5.91 Å². The molecule has 30 heavy (non-hydrogen) atoms. The number of carbonyl (C=O) groups excluding carboxylic acids is 1. The highest BCUT2D eigenvalue weighted by molar-refractivity contribution is 8.00. The lowest BCUT2D eigenvalue weighted by atomic mass is 10.1. The van der Waals surface area contributed by atoms with E-state index < -0.39 is 23.0 Å². The Hall–Kier alpha value is -2.94. The number of hydrogen-bond acceptors (Lipinski definition) is 5. The number of para-hydroxylation sites is 1. The van der Waals surface area contributed by atoms with Gasteiger partial charge in [-0.05, 0) is 30.5 Å². The predicted octanol–water partition coefficient (Wildman–Crippen LogP) is 2.84. The number of rotatable bonds is 7. The summed E-state index contributed by atoms with van der Waals surface area (Å²) >= 11 is 1.19. The number of benzene rings is 1. The van der Waals surface area contributed by atoms with E-state index in [1.54, 1.807) is 25.4 Å². The minimum atomic E-state index is -0.516. The molecule has 0 atom stereocenters. The second kappa shape index (κ2) is 9.25. The molecule has 1 amide bonds. The molecule has 0 aliphatic heterocycles. The maximum absolute atomic E-state index is 13.8. The number of hydrogen-bond donors (Lipinski definition) is 1. The Labute approximate surface area is 176 Å². The number of thioether (sulfide) groups is 1. The second-order valence-corrected chi connectivity index (χ2v) is 7.92. The Kier molecular flexibility index (Phi) is 6.71. The van der Waals surface area contributed by atoms with E-state index in [1.165, 1.54) is 35.5 Å². The summed E-state index contributed by atoms with van der Waals surface area (Å²) in [5.41, 5.74) is 0.321. The minimum Gasteiger partial charge on any atom is -0.323 e. The molecule has 2 aromatic heterocycles. The third-order valence-corrected chi connectivity index (χ3v) is 5.95. The van der Waals surface area contributed by atoms with Gasteiger partial charge < -0.3 is 5.32 Å². The van der Waals surface area contributed by atoms with Crippen LogP contribution in [0.4, 0.5) is 10.1 Å². The lowest BCUT2D eigenvalue weighted by Crippen LogP contribution is -2.37. The average Bonchev–Trinajstić information content (AvgIpc) is 2.74. The number of anilines is 1. The summed E-state index contributed by atoms with van der Waals surface area (Å²) < 4.78 is 16.2. The molecule has 0 unspecified atom stereocenters. The summed E-state index contributed by atoms with van der Waals surface area (Å²) in [5.74, 6) is -0.922. The molecule has 0 spiro atoms. The monoisotopic (exact) mass is 430 g/mol. The molecule has 1 aromatic carbocycles. The van der Waals surface area contributed by atoms with Crippen molar-refractivity contribution in [2.75, 3.05) is 11.1 Å². The van der Waals surface area contributed by atoms with Gasteiger partial charge in [0.15, 0.2) is 0 Å². The van der Waals surface area contributed by atoms with E-state index in [2.05, 4.69) is 17.2 Å². The largest absolute Gasteiger partial charge is 0.332 e. The summed E-state index contributed by atoms with van der Waals surface area (Å²) in [5, 5.41) is 2.87. The molecule has 0 aliphatic carbocycles. The van der Waals surface area contributed by atoms with Crippen LogP contribution in [-0.2, 0) is 25.3 Å². The van der Waals surface area contributed by atoms with Crippen LogP contribution in [0.15, 0.2) is 44.9 Å². The lowest BCUT2D eigenvalue weighted by molar-refractivity contribution is -0.113. The van der Waals surface area contributed by atoms with Crippen molar-refractivity contribution in [3.8, 4) is 0 Å². The van der Waals surface area contributed by atoms with E-state index in [0.29, 0.717) is 16.7 Å². The van der Waals surface area contributed by atoms with Crippen molar-refractivity contribution in [3.63, 3.8) is 0 Å². The minimum absolute atomic E-state index is 0.0153. The SMILES string of the molecule is CCCCc1cnc2c(c1SCC(=O)Nc1ccccc1F)c(=O)n(C)c(=O)n2C. The van der Waals surface area contributed by atoms with Gasteiger partial charge in [-0.3, -0.25) is 18.7 Å². The Morgan fingerprint density at radius 2 is 1.93 bits per heavy atom. The van der Waals surface area contributed by atoms with Crippen LogP contribution in [0.2, 0.25) is 0 Å². The van der Waals surface area contributed by atoms with Gasteiger partial charge in [-0.25, -0.2) is 14.2 Å². The Balaban J connectivity index is 1.99. The molecule has 3 rings (SSSR count). The first kappa shape index (κ1) is 21.8. The van der Waals surface area contributed by atoms with Crippen LogP contribution in [0, 0.1) is 5.82 Å². The smallest absolute Gasteiger partial charge is 0.323 e. The van der Waals surface area contributed by atoms with Crippen LogP contribution in [-0.4, -0.2) is 25.8 Å². The highest BCUT2D eigenvalue weighted by Gasteiger charge is 2.18. The lowest BCUT2D eigenvalue weighted by Gasteiger charge is -2.14. The van der Waals surface area contributed by atoms with Crippen LogP contribution >= 0.6 is 11.8 Å². The summed E-state index contributed by atoms with van der Waals surface area (Å²) in [6, 6.07) is 5.93. The third-order valence-electron chi connectivity index (χ3n) is 4.79. The van der Waals surface area contributed by atoms with Crippen LogP contribution in [0.3, 0.4) is 0 Å². The van der Waals surface area contributed by atoms with Crippen LogP contribution in [0.5, 0.6) is 0 Å². The number of carbonyl (C=O) groups is 1. The molecular weight excluding hydrogens is 407 g/mol. The fourth-order valence-electron chi connectivity index (χ4n) is 3.14. The van der Waals surface area contributed by atoms with E-state index in [4.69, 9.17) is 0 Å². The zero-order valence-corrected chi connectivity index (χ0v) is 17.9. The summed E-state index contributed by atoms with van der Waals surface area (Å²) in [6.07, 6.45) is 4.21. The molecule has 7 nitrogen and oxygen atoms in total. The molecule has 0 bridgehead atoms. The van der Waals surface area contributed by atoms with E-state index in [9.17, 15) is 18.8 Å². The van der Waals surface area contributed by atoms with Crippen LogP contribution < -0.4 is 16.6 Å².